The van der Waals surface area contributed by atoms with Crippen LogP contribution in [0.3, 0.4) is 0 Å². The van der Waals surface area contributed by atoms with Crippen LogP contribution in [0.15, 0.2) is 54.6 Å². The number of nitrogens with one attached hydrogen (secondary N) is 1. The lowest BCUT2D eigenvalue weighted by Crippen LogP contribution is -2.28. The molecule has 2 aromatic carbocycles. The van der Waals surface area contributed by atoms with Crippen LogP contribution in [0.5, 0.6) is 5.75 Å². The van der Waals surface area contributed by atoms with E-state index in [1.165, 1.54) is 16.9 Å². The van der Waals surface area contributed by atoms with Gasteiger partial charge >= 0.3 is 0 Å². The van der Waals surface area contributed by atoms with E-state index in [0.717, 1.165) is 36.8 Å². The Bertz CT molecular complexity index is 952. The largest absolute Gasteiger partial charge is 0.490 e. The van der Waals surface area contributed by atoms with Crippen molar-refractivity contribution in [2.45, 2.75) is 27.2 Å². The fourth-order valence-electron chi connectivity index (χ4n) is 3.21. The van der Waals surface area contributed by atoms with Gasteiger partial charge in [0.2, 0.25) is 0 Å². The predicted molar refractivity (Wildman–Crippen MR) is 124 cm³/mol. The third kappa shape index (κ3) is 5.90. The normalized spacial score (nSPS) is 10.9. The van der Waals surface area contributed by atoms with E-state index >= 15 is 0 Å². The summed E-state index contributed by atoms with van der Waals surface area (Å²) >= 11 is 1.44. The number of benzene rings is 2. The molecule has 0 saturated carbocycles. The number of nitrogens with zero attached hydrogens (tertiary/aromatic N) is 2. The lowest BCUT2D eigenvalue weighted by Gasteiger charge is -2.19. The molecule has 0 spiro atoms. The number of aromatic nitrogens is 1. The average molecular weight is 424 g/mol. The van der Waals surface area contributed by atoms with Crippen molar-refractivity contribution in [3.63, 3.8) is 0 Å². The number of thiazole rings is 1. The summed E-state index contributed by atoms with van der Waals surface area (Å²) in [6, 6.07) is 17.7. The third-order valence-electron chi connectivity index (χ3n) is 4.94. The van der Waals surface area contributed by atoms with Crippen LogP contribution in [-0.4, -0.2) is 42.0 Å². The zero-order valence-electron chi connectivity index (χ0n) is 17.9. The number of para-hydroxylation sites is 2. The number of carbonyl (C=O) groups is 1. The van der Waals surface area contributed by atoms with Gasteiger partial charge in [-0.2, -0.15) is 0 Å². The summed E-state index contributed by atoms with van der Waals surface area (Å²) in [4.78, 5) is 20.5. The minimum Gasteiger partial charge on any atom is -0.490 e. The van der Waals surface area contributed by atoms with Crippen molar-refractivity contribution in [3.05, 3.63) is 75.7 Å². The Balaban J connectivity index is 1.66. The number of likely N-dealkylation sites (N-methyl/N-ethyl adjacent to an activating group) is 1. The lowest BCUT2D eigenvalue weighted by atomic mass is 10.2. The highest BCUT2D eigenvalue weighted by Gasteiger charge is 2.17. The van der Waals surface area contributed by atoms with Crippen LogP contribution in [0.25, 0.3) is 0 Å². The number of rotatable bonds is 10. The second kappa shape index (κ2) is 10.9. The standard InChI is InChI=1S/C24H29N3O2S/c1-4-27(5-2)15-16-29-21-14-10-9-13-20(21)26-24(28)23-18(3)25-22(30-23)17-19-11-7-6-8-12-19/h6-14H,4-5,15-17H2,1-3H3,(H,26,28). The first-order valence-corrected chi connectivity index (χ1v) is 11.2. The maximum absolute atomic E-state index is 12.9. The summed E-state index contributed by atoms with van der Waals surface area (Å²) in [5, 5.41) is 3.94. The van der Waals surface area contributed by atoms with Gasteiger partial charge in [0.25, 0.3) is 5.91 Å². The number of hydrogen-bond acceptors (Lipinski definition) is 5. The van der Waals surface area contributed by atoms with Crippen molar-refractivity contribution in [1.29, 1.82) is 0 Å². The highest BCUT2D eigenvalue weighted by atomic mass is 32.1. The van der Waals surface area contributed by atoms with Crippen molar-refractivity contribution in [3.8, 4) is 5.75 Å². The first kappa shape index (κ1) is 22.0. The van der Waals surface area contributed by atoms with Crippen LogP contribution < -0.4 is 10.1 Å². The van der Waals surface area contributed by atoms with Gasteiger partial charge in [-0.3, -0.25) is 4.79 Å². The molecule has 3 rings (SSSR count). The van der Waals surface area contributed by atoms with Crippen LogP contribution in [0.1, 0.15) is 39.8 Å². The number of amides is 1. The molecule has 0 aliphatic carbocycles. The molecule has 1 aromatic heterocycles. The second-order valence-electron chi connectivity index (χ2n) is 7.01. The minimum atomic E-state index is -0.149. The van der Waals surface area contributed by atoms with Crippen molar-refractivity contribution < 1.29 is 9.53 Å². The molecule has 0 fully saturated rings. The summed E-state index contributed by atoms with van der Waals surface area (Å²) < 4.78 is 5.95. The summed E-state index contributed by atoms with van der Waals surface area (Å²) in [7, 11) is 0. The molecular formula is C24H29N3O2S. The van der Waals surface area contributed by atoms with E-state index < -0.39 is 0 Å². The molecule has 0 unspecified atom stereocenters. The molecule has 0 aliphatic rings. The highest BCUT2D eigenvalue weighted by molar-refractivity contribution is 7.14. The summed E-state index contributed by atoms with van der Waals surface area (Å²) in [6.07, 6.45) is 0.727. The van der Waals surface area contributed by atoms with E-state index in [9.17, 15) is 4.79 Å². The van der Waals surface area contributed by atoms with Crippen molar-refractivity contribution in [2.24, 2.45) is 0 Å². The van der Waals surface area contributed by atoms with Gasteiger partial charge in [-0.25, -0.2) is 4.98 Å². The van der Waals surface area contributed by atoms with Crippen LogP contribution >= 0.6 is 11.3 Å². The first-order valence-electron chi connectivity index (χ1n) is 10.4. The molecule has 1 N–H and O–H groups in total. The lowest BCUT2D eigenvalue weighted by molar-refractivity contribution is 0.102. The first-order chi connectivity index (χ1) is 14.6. The van der Waals surface area contributed by atoms with Crippen molar-refractivity contribution in [2.75, 3.05) is 31.6 Å². The maximum Gasteiger partial charge on any atom is 0.267 e. The van der Waals surface area contributed by atoms with Crippen molar-refractivity contribution >= 4 is 22.9 Å². The van der Waals surface area contributed by atoms with E-state index in [1.54, 1.807) is 0 Å². The highest BCUT2D eigenvalue weighted by Crippen LogP contribution is 2.27. The van der Waals surface area contributed by atoms with Crippen molar-refractivity contribution in [1.82, 2.24) is 9.88 Å². The number of anilines is 1. The predicted octanol–water partition coefficient (Wildman–Crippen LogP) is 5.02. The van der Waals surface area contributed by atoms with Gasteiger partial charge in [-0.05, 0) is 37.7 Å². The summed E-state index contributed by atoms with van der Waals surface area (Å²) in [5.41, 5.74) is 2.62. The van der Waals surface area contributed by atoms with Gasteiger partial charge < -0.3 is 15.0 Å². The van der Waals surface area contributed by atoms with E-state index in [-0.39, 0.29) is 5.91 Å². The molecule has 0 saturated heterocycles. The monoisotopic (exact) mass is 423 g/mol. The Morgan fingerprint density at radius 1 is 1.07 bits per heavy atom. The Morgan fingerprint density at radius 3 is 2.50 bits per heavy atom. The Hall–Kier alpha value is -2.70. The Kier molecular flexibility index (Phi) is 7.99. The van der Waals surface area contributed by atoms with Gasteiger partial charge in [0.1, 0.15) is 17.2 Å². The second-order valence-corrected chi connectivity index (χ2v) is 8.09. The molecule has 158 valence electrons. The zero-order chi connectivity index (χ0) is 21.3. The van der Waals surface area contributed by atoms with Crippen LogP contribution in [-0.2, 0) is 6.42 Å². The Morgan fingerprint density at radius 2 is 1.77 bits per heavy atom. The van der Waals surface area contributed by atoms with Gasteiger partial charge in [0.05, 0.1) is 16.4 Å². The Labute approximate surface area is 182 Å². The molecular weight excluding hydrogens is 394 g/mol. The van der Waals surface area contributed by atoms with Crippen LogP contribution in [0.4, 0.5) is 5.69 Å². The molecule has 3 aromatic rings. The number of carbonyl (C=O) groups excluding carboxylic acids is 1. The fraction of sp³-hybridized carbons (Fsp3) is 0.333. The summed E-state index contributed by atoms with van der Waals surface area (Å²) in [6.45, 7) is 9.58. The van der Waals surface area contributed by atoms with Crippen LogP contribution in [0.2, 0.25) is 0 Å². The number of hydrogen-bond donors (Lipinski definition) is 1. The van der Waals surface area contributed by atoms with Crippen LogP contribution in [0, 0.1) is 6.92 Å². The molecule has 30 heavy (non-hydrogen) atoms. The molecule has 0 aliphatic heterocycles. The van der Waals surface area contributed by atoms with E-state index in [1.807, 2.05) is 49.4 Å². The zero-order valence-corrected chi connectivity index (χ0v) is 18.7. The smallest absolute Gasteiger partial charge is 0.267 e. The topological polar surface area (TPSA) is 54.5 Å². The molecule has 0 radical (unpaired) electrons. The van der Waals surface area contributed by atoms with Gasteiger partial charge in [-0.15, -0.1) is 11.3 Å². The molecule has 5 nitrogen and oxygen atoms in total. The number of aryl methyl sites for hydroxylation is 1. The minimum absolute atomic E-state index is 0.149. The molecule has 0 bridgehead atoms. The van der Waals surface area contributed by atoms with Gasteiger partial charge in [-0.1, -0.05) is 56.3 Å². The molecule has 1 heterocycles. The fourth-order valence-corrected chi connectivity index (χ4v) is 4.20. The van der Waals surface area contributed by atoms with E-state index in [2.05, 4.69) is 41.2 Å². The van der Waals surface area contributed by atoms with Gasteiger partial charge in [0.15, 0.2) is 0 Å². The van der Waals surface area contributed by atoms with Gasteiger partial charge in [0, 0.05) is 13.0 Å². The third-order valence-corrected chi connectivity index (χ3v) is 6.10. The number of ether oxygens (including phenoxy) is 1. The maximum atomic E-state index is 12.9. The molecule has 0 atom stereocenters. The SMILES string of the molecule is CCN(CC)CCOc1ccccc1NC(=O)c1sc(Cc2ccccc2)nc1C. The summed E-state index contributed by atoms with van der Waals surface area (Å²) in [5.74, 6) is 0.536. The average Bonchev–Trinajstić information content (AvgIpc) is 3.13. The van der Waals surface area contributed by atoms with E-state index in [4.69, 9.17) is 4.74 Å². The van der Waals surface area contributed by atoms with E-state index in [0.29, 0.717) is 22.9 Å². The molecule has 1 amide bonds. The molecule has 6 heteroatoms. The quantitative estimate of drug-likeness (QED) is 0.498.